The molecular weight excluding hydrogens is 255 g/mol. The molecule has 0 amide bonds. The summed E-state index contributed by atoms with van der Waals surface area (Å²) in [6.45, 7) is 0. The van der Waals surface area contributed by atoms with Gasteiger partial charge in [0.15, 0.2) is 5.78 Å². The molecule has 2 aromatic carbocycles. The molecule has 18 heavy (non-hydrogen) atoms. The third-order valence-corrected chi connectivity index (χ3v) is 2.78. The summed E-state index contributed by atoms with van der Waals surface area (Å²) >= 11 is 5.74. The van der Waals surface area contributed by atoms with E-state index in [1.165, 1.54) is 19.2 Å². The largest absolute Gasteiger partial charge is 0.496 e. The van der Waals surface area contributed by atoms with Gasteiger partial charge in [-0.1, -0.05) is 17.7 Å². The van der Waals surface area contributed by atoms with Gasteiger partial charge in [-0.2, -0.15) is 0 Å². The van der Waals surface area contributed by atoms with Crippen LogP contribution in [0.25, 0.3) is 0 Å². The van der Waals surface area contributed by atoms with Gasteiger partial charge in [-0.3, -0.25) is 4.79 Å². The maximum absolute atomic E-state index is 13.7. The number of methoxy groups -OCH3 is 1. The number of hydrogen-bond acceptors (Lipinski definition) is 2. The van der Waals surface area contributed by atoms with E-state index >= 15 is 0 Å². The van der Waals surface area contributed by atoms with Crippen LogP contribution in [-0.2, 0) is 0 Å². The van der Waals surface area contributed by atoms with Gasteiger partial charge >= 0.3 is 0 Å². The second kappa shape index (κ2) is 5.19. The molecule has 0 aliphatic heterocycles. The fourth-order valence-corrected chi connectivity index (χ4v) is 1.77. The van der Waals surface area contributed by atoms with E-state index in [4.69, 9.17) is 16.3 Å². The molecule has 0 aliphatic carbocycles. The molecule has 4 heteroatoms. The summed E-state index contributed by atoms with van der Waals surface area (Å²) in [5.41, 5.74) is 0.296. The van der Waals surface area contributed by atoms with Crippen molar-refractivity contribution in [2.24, 2.45) is 0 Å². The fraction of sp³-hybridized carbons (Fsp3) is 0.0714. The number of carbonyl (C=O) groups excluding carboxylic acids is 1. The molecule has 2 aromatic rings. The molecule has 0 saturated heterocycles. The Bertz CT molecular complexity index is 579. The van der Waals surface area contributed by atoms with Gasteiger partial charge in [-0.15, -0.1) is 0 Å². The van der Waals surface area contributed by atoms with Gasteiger partial charge in [0.05, 0.1) is 7.11 Å². The first-order chi connectivity index (χ1) is 8.63. The topological polar surface area (TPSA) is 26.3 Å². The first-order valence-electron chi connectivity index (χ1n) is 5.26. The standard InChI is InChI=1S/C14H10ClFO2/c1-18-12-4-2-3-11(16)13(12)14(17)9-5-7-10(15)8-6-9/h2-8H,1H3. The highest BCUT2D eigenvalue weighted by Crippen LogP contribution is 2.24. The smallest absolute Gasteiger partial charge is 0.199 e. The lowest BCUT2D eigenvalue weighted by molar-refractivity contribution is 0.103. The van der Waals surface area contributed by atoms with Crippen LogP contribution in [0.2, 0.25) is 5.02 Å². The predicted molar refractivity (Wildman–Crippen MR) is 67.8 cm³/mol. The predicted octanol–water partition coefficient (Wildman–Crippen LogP) is 3.72. The maximum Gasteiger partial charge on any atom is 0.199 e. The van der Waals surface area contributed by atoms with Crippen molar-refractivity contribution in [3.63, 3.8) is 0 Å². The molecule has 0 spiro atoms. The zero-order chi connectivity index (χ0) is 13.1. The first-order valence-corrected chi connectivity index (χ1v) is 5.64. The Labute approximate surface area is 109 Å². The lowest BCUT2D eigenvalue weighted by Gasteiger charge is -2.08. The van der Waals surface area contributed by atoms with Gasteiger partial charge in [0.1, 0.15) is 17.1 Å². The zero-order valence-electron chi connectivity index (χ0n) is 9.61. The molecule has 2 rings (SSSR count). The van der Waals surface area contributed by atoms with E-state index in [9.17, 15) is 9.18 Å². The quantitative estimate of drug-likeness (QED) is 0.790. The maximum atomic E-state index is 13.7. The normalized spacial score (nSPS) is 10.2. The van der Waals surface area contributed by atoms with Crippen LogP contribution in [-0.4, -0.2) is 12.9 Å². The first kappa shape index (κ1) is 12.6. The van der Waals surface area contributed by atoms with E-state index in [0.717, 1.165) is 0 Å². The lowest BCUT2D eigenvalue weighted by Crippen LogP contribution is -2.06. The van der Waals surface area contributed by atoms with Crippen LogP contribution < -0.4 is 4.74 Å². The number of ketones is 1. The highest BCUT2D eigenvalue weighted by molar-refractivity contribution is 6.30. The van der Waals surface area contributed by atoms with E-state index in [1.807, 2.05) is 0 Å². The molecule has 0 heterocycles. The van der Waals surface area contributed by atoms with E-state index in [0.29, 0.717) is 10.6 Å². The third-order valence-electron chi connectivity index (χ3n) is 2.53. The van der Waals surface area contributed by atoms with E-state index < -0.39 is 11.6 Å². The van der Waals surface area contributed by atoms with Crippen molar-refractivity contribution in [1.29, 1.82) is 0 Å². The molecule has 0 aliphatic rings. The average Bonchev–Trinajstić information content (AvgIpc) is 2.38. The summed E-state index contributed by atoms with van der Waals surface area (Å²) in [7, 11) is 1.40. The molecule has 0 fully saturated rings. The Balaban J connectivity index is 2.49. The SMILES string of the molecule is COc1cccc(F)c1C(=O)c1ccc(Cl)cc1. The number of rotatable bonds is 3. The Kier molecular flexibility index (Phi) is 3.63. The summed E-state index contributed by atoms with van der Waals surface area (Å²) in [6, 6.07) is 10.5. The van der Waals surface area contributed by atoms with Gasteiger partial charge in [0.25, 0.3) is 0 Å². The molecule has 0 aromatic heterocycles. The van der Waals surface area contributed by atoms with Crippen molar-refractivity contribution in [2.75, 3.05) is 7.11 Å². The minimum absolute atomic E-state index is 0.0673. The molecule has 0 N–H and O–H groups in total. The molecular formula is C14H10ClFO2. The summed E-state index contributed by atoms with van der Waals surface area (Å²) in [6.07, 6.45) is 0. The summed E-state index contributed by atoms with van der Waals surface area (Å²) in [5.74, 6) is -0.814. The van der Waals surface area contributed by atoms with Crippen molar-refractivity contribution in [2.45, 2.75) is 0 Å². The van der Waals surface area contributed by atoms with Gasteiger partial charge < -0.3 is 4.74 Å². The minimum atomic E-state index is -0.602. The Morgan fingerprint density at radius 3 is 2.44 bits per heavy atom. The average molecular weight is 265 g/mol. The Morgan fingerprint density at radius 2 is 1.83 bits per heavy atom. The molecule has 0 unspecified atom stereocenters. The van der Waals surface area contributed by atoms with Crippen LogP contribution in [0, 0.1) is 5.82 Å². The number of hydrogen-bond donors (Lipinski definition) is 0. The third kappa shape index (κ3) is 2.36. The van der Waals surface area contributed by atoms with Crippen molar-refractivity contribution in [3.05, 3.63) is 64.4 Å². The van der Waals surface area contributed by atoms with E-state index in [-0.39, 0.29) is 11.3 Å². The Morgan fingerprint density at radius 1 is 1.17 bits per heavy atom. The molecule has 0 atom stereocenters. The van der Waals surface area contributed by atoms with Crippen LogP contribution in [0.15, 0.2) is 42.5 Å². The number of ether oxygens (including phenoxy) is 1. The highest BCUT2D eigenvalue weighted by Gasteiger charge is 2.18. The van der Waals surface area contributed by atoms with Crippen LogP contribution in [0.3, 0.4) is 0 Å². The number of benzene rings is 2. The van der Waals surface area contributed by atoms with Crippen molar-refractivity contribution in [1.82, 2.24) is 0 Å². The fourth-order valence-electron chi connectivity index (χ4n) is 1.64. The summed E-state index contributed by atoms with van der Waals surface area (Å²) < 4.78 is 18.7. The van der Waals surface area contributed by atoms with Crippen LogP contribution >= 0.6 is 11.6 Å². The van der Waals surface area contributed by atoms with Crippen molar-refractivity contribution in [3.8, 4) is 5.75 Å². The molecule has 0 radical (unpaired) electrons. The van der Waals surface area contributed by atoms with Gasteiger partial charge in [0.2, 0.25) is 0 Å². The summed E-state index contributed by atoms with van der Waals surface area (Å²) in [5, 5.41) is 0.520. The monoisotopic (exact) mass is 264 g/mol. The highest BCUT2D eigenvalue weighted by atomic mass is 35.5. The van der Waals surface area contributed by atoms with Crippen LogP contribution in [0.1, 0.15) is 15.9 Å². The van der Waals surface area contributed by atoms with Gasteiger partial charge in [0, 0.05) is 10.6 Å². The van der Waals surface area contributed by atoms with E-state index in [1.54, 1.807) is 30.3 Å². The van der Waals surface area contributed by atoms with Gasteiger partial charge in [-0.25, -0.2) is 4.39 Å². The van der Waals surface area contributed by atoms with Crippen molar-refractivity contribution < 1.29 is 13.9 Å². The van der Waals surface area contributed by atoms with Gasteiger partial charge in [-0.05, 0) is 36.4 Å². The lowest BCUT2D eigenvalue weighted by atomic mass is 10.0. The zero-order valence-corrected chi connectivity index (χ0v) is 10.4. The van der Waals surface area contributed by atoms with E-state index in [2.05, 4.69) is 0 Å². The molecule has 92 valence electrons. The molecule has 0 bridgehead atoms. The second-order valence-electron chi connectivity index (χ2n) is 3.65. The molecule has 0 saturated carbocycles. The minimum Gasteiger partial charge on any atom is -0.496 e. The molecule has 2 nitrogen and oxygen atoms in total. The number of halogens is 2. The second-order valence-corrected chi connectivity index (χ2v) is 4.09. The number of carbonyl (C=O) groups is 1. The van der Waals surface area contributed by atoms with Crippen molar-refractivity contribution >= 4 is 17.4 Å². The summed E-state index contributed by atoms with van der Waals surface area (Å²) in [4.78, 5) is 12.2. The van der Waals surface area contributed by atoms with Crippen LogP contribution in [0.4, 0.5) is 4.39 Å². The van der Waals surface area contributed by atoms with Crippen LogP contribution in [0.5, 0.6) is 5.75 Å². The Hall–Kier alpha value is -1.87.